The molecule has 19 heavy (non-hydrogen) atoms. The van der Waals surface area contributed by atoms with Crippen LogP contribution in [0.2, 0.25) is 0 Å². The molecular formula is C12H22N4O2S. The second-order valence-corrected chi connectivity index (χ2v) is 5.41. The third-order valence-corrected chi connectivity index (χ3v) is 3.42. The number of carbonyl (C=O) groups excluding carboxylic acids is 1. The van der Waals surface area contributed by atoms with E-state index in [1.807, 2.05) is 20.8 Å². The van der Waals surface area contributed by atoms with Gasteiger partial charge in [0.1, 0.15) is 10.7 Å². The summed E-state index contributed by atoms with van der Waals surface area (Å²) in [5, 5.41) is 3.73. The fourth-order valence-corrected chi connectivity index (χ4v) is 2.36. The van der Waals surface area contributed by atoms with Gasteiger partial charge in [0.2, 0.25) is 0 Å². The zero-order chi connectivity index (χ0) is 14.4. The maximum atomic E-state index is 12.2. The summed E-state index contributed by atoms with van der Waals surface area (Å²) in [6.07, 6.45) is 0.164. The molecule has 0 aromatic carbocycles. The lowest BCUT2D eigenvalue weighted by molar-refractivity contribution is 0.0535. The van der Waals surface area contributed by atoms with Gasteiger partial charge in [-0.15, -0.1) is 0 Å². The number of amides is 1. The summed E-state index contributed by atoms with van der Waals surface area (Å²) in [5.41, 5.74) is 5.77. The van der Waals surface area contributed by atoms with Gasteiger partial charge < -0.3 is 20.7 Å². The number of nitrogens with one attached hydrogen (secondary N) is 1. The van der Waals surface area contributed by atoms with E-state index in [4.69, 9.17) is 10.5 Å². The molecule has 3 N–H and O–H groups in total. The topological polar surface area (TPSA) is 80.5 Å². The van der Waals surface area contributed by atoms with E-state index in [9.17, 15) is 4.79 Å². The van der Waals surface area contributed by atoms with Gasteiger partial charge in [0.25, 0.3) is 5.91 Å². The Kier molecular flexibility index (Phi) is 6.04. The first-order valence-corrected chi connectivity index (χ1v) is 7.14. The van der Waals surface area contributed by atoms with Crippen molar-refractivity contribution in [3.8, 4) is 0 Å². The van der Waals surface area contributed by atoms with Gasteiger partial charge in [-0.1, -0.05) is 11.3 Å². The Morgan fingerprint density at radius 3 is 2.84 bits per heavy atom. The quantitative estimate of drug-likeness (QED) is 0.796. The van der Waals surface area contributed by atoms with Crippen LogP contribution in [-0.4, -0.2) is 48.6 Å². The van der Waals surface area contributed by atoms with E-state index in [2.05, 4.69) is 10.3 Å². The number of thiazole rings is 1. The molecule has 0 bridgehead atoms. The van der Waals surface area contributed by atoms with Gasteiger partial charge in [-0.3, -0.25) is 4.79 Å². The zero-order valence-electron chi connectivity index (χ0n) is 11.9. The smallest absolute Gasteiger partial charge is 0.267 e. The molecule has 108 valence electrons. The third kappa shape index (κ3) is 4.68. The molecule has 6 nitrogen and oxygen atoms in total. The molecule has 0 aliphatic rings. The molecule has 0 atom stereocenters. The standard InChI is InChI=1S/C12H22N4O2S/c1-5-14-12-15-10(13)9(19-12)11(17)16(4)6-7-18-8(2)3/h8H,5-7,13H2,1-4H3,(H,14,15). The number of carbonyl (C=O) groups is 1. The first-order chi connectivity index (χ1) is 8.95. The molecular weight excluding hydrogens is 264 g/mol. The van der Waals surface area contributed by atoms with E-state index >= 15 is 0 Å². The zero-order valence-corrected chi connectivity index (χ0v) is 12.7. The summed E-state index contributed by atoms with van der Waals surface area (Å²) >= 11 is 1.28. The average Bonchev–Trinajstić information content (AvgIpc) is 2.69. The maximum Gasteiger partial charge on any atom is 0.267 e. The highest BCUT2D eigenvalue weighted by Crippen LogP contribution is 2.25. The Bertz CT molecular complexity index is 420. The summed E-state index contributed by atoms with van der Waals surface area (Å²) in [4.78, 5) is 18.4. The monoisotopic (exact) mass is 286 g/mol. The maximum absolute atomic E-state index is 12.2. The SMILES string of the molecule is CCNc1nc(N)c(C(=O)N(C)CCOC(C)C)s1. The predicted octanol–water partition coefficient (Wildman–Crippen LogP) is 1.65. The van der Waals surface area contributed by atoms with Crippen molar-refractivity contribution in [1.82, 2.24) is 9.88 Å². The van der Waals surface area contributed by atoms with Crippen molar-refractivity contribution in [3.05, 3.63) is 4.88 Å². The fourth-order valence-electron chi connectivity index (χ4n) is 1.41. The van der Waals surface area contributed by atoms with E-state index in [1.165, 1.54) is 11.3 Å². The molecule has 1 rings (SSSR count). The highest BCUT2D eigenvalue weighted by Gasteiger charge is 2.19. The lowest BCUT2D eigenvalue weighted by Gasteiger charge is -2.17. The summed E-state index contributed by atoms with van der Waals surface area (Å²) in [6, 6.07) is 0. The van der Waals surface area contributed by atoms with Gasteiger partial charge in [-0.05, 0) is 20.8 Å². The van der Waals surface area contributed by atoms with Gasteiger partial charge in [0, 0.05) is 20.1 Å². The molecule has 0 saturated heterocycles. The molecule has 1 aromatic heterocycles. The van der Waals surface area contributed by atoms with Gasteiger partial charge in [-0.25, -0.2) is 4.98 Å². The van der Waals surface area contributed by atoms with Crippen molar-refractivity contribution in [1.29, 1.82) is 0 Å². The van der Waals surface area contributed by atoms with E-state index < -0.39 is 0 Å². The van der Waals surface area contributed by atoms with E-state index in [0.29, 0.717) is 23.2 Å². The predicted molar refractivity (Wildman–Crippen MR) is 78.7 cm³/mol. The first-order valence-electron chi connectivity index (χ1n) is 6.33. The van der Waals surface area contributed by atoms with Gasteiger partial charge in [-0.2, -0.15) is 0 Å². The van der Waals surface area contributed by atoms with E-state index in [0.717, 1.165) is 6.54 Å². The van der Waals surface area contributed by atoms with Crippen LogP contribution >= 0.6 is 11.3 Å². The Morgan fingerprint density at radius 1 is 1.58 bits per heavy atom. The van der Waals surface area contributed by atoms with Crippen LogP contribution in [-0.2, 0) is 4.74 Å². The Labute approximate surface area is 118 Å². The van der Waals surface area contributed by atoms with Crippen LogP contribution in [0.3, 0.4) is 0 Å². The molecule has 0 fully saturated rings. The van der Waals surface area contributed by atoms with Crippen molar-refractivity contribution in [2.24, 2.45) is 0 Å². The fraction of sp³-hybridized carbons (Fsp3) is 0.667. The van der Waals surface area contributed by atoms with Crippen molar-refractivity contribution >= 4 is 28.2 Å². The Hall–Kier alpha value is -1.34. The average molecular weight is 286 g/mol. The second kappa shape index (κ2) is 7.30. The summed E-state index contributed by atoms with van der Waals surface area (Å²) in [5.74, 6) is 0.161. The molecule has 0 saturated carbocycles. The van der Waals surface area contributed by atoms with Crippen molar-refractivity contribution in [2.45, 2.75) is 26.9 Å². The van der Waals surface area contributed by atoms with Crippen LogP contribution in [0.5, 0.6) is 0 Å². The number of ether oxygens (including phenoxy) is 1. The number of anilines is 2. The number of nitrogens with two attached hydrogens (primary N) is 1. The minimum absolute atomic E-state index is 0.119. The Balaban J connectivity index is 2.60. The second-order valence-electron chi connectivity index (χ2n) is 4.41. The molecule has 0 aliphatic heterocycles. The van der Waals surface area contributed by atoms with Crippen LogP contribution in [0.1, 0.15) is 30.4 Å². The highest BCUT2D eigenvalue weighted by molar-refractivity contribution is 7.18. The van der Waals surface area contributed by atoms with Crippen molar-refractivity contribution < 1.29 is 9.53 Å². The molecule has 1 heterocycles. The van der Waals surface area contributed by atoms with E-state index in [1.54, 1.807) is 11.9 Å². The molecule has 7 heteroatoms. The number of nitrogen functional groups attached to an aromatic ring is 1. The van der Waals surface area contributed by atoms with Gasteiger partial charge >= 0.3 is 0 Å². The number of nitrogens with zero attached hydrogens (tertiary/aromatic N) is 2. The lowest BCUT2D eigenvalue weighted by atomic mass is 10.4. The lowest BCUT2D eigenvalue weighted by Crippen LogP contribution is -2.30. The largest absolute Gasteiger partial charge is 0.382 e. The first kappa shape index (κ1) is 15.7. The van der Waals surface area contributed by atoms with Crippen LogP contribution < -0.4 is 11.1 Å². The number of hydrogen-bond donors (Lipinski definition) is 2. The van der Waals surface area contributed by atoms with Crippen LogP contribution in [0, 0.1) is 0 Å². The summed E-state index contributed by atoms with van der Waals surface area (Å²) in [6.45, 7) is 7.69. The molecule has 0 radical (unpaired) electrons. The molecule has 0 unspecified atom stereocenters. The van der Waals surface area contributed by atoms with Crippen LogP contribution in [0.4, 0.5) is 10.9 Å². The normalized spacial score (nSPS) is 10.8. The van der Waals surface area contributed by atoms with Gasteiger partial charge in [0.05, 0.1) is 12.7 Å². The molecule has 0 aliphatic carbocycles. The molecule has 1 amide bonds. The minimum atomic E-state index is -0.119. The van der Waals surface area contributed by atoms with Gasteiger partial charge in [0.15, 0.2) is 5.13 Å². The highest BCUT2D eigenvalue weighted by atomic mass is 32.1. The number of likely N-dealkylation sites (N-methyl/N-ethyl adjacent to an activating group) is 1. The third-order valence-electron chi connectivity index (χ3n) is 2.40. The summed E-state index contributed by atoms with van der Waals surface area (Å²) < 4.78 is 5.42. The van der Waals surface area contributed by atoms with Crippen molar-refractivity contribution in [3.63, 3.8) is 0 Å². The van der Waals surface area contributed by atoms with Crippen molar-refractivity contribution in [2.75, 3.05) is 37.8 Å². The van der Waals surface area contributed by atoms with Crippen LogP contribution in [0.25, 0.3) is 0 Å². The molecule has 1 aromatic rings. The number of rotatable bonds is 7. The van der Waals surface area contributed by atoms with E-state index in [-0.39, 0.29) is 17.8 Å². The minimum Gasteiger partial charge on any atom is -0.382 e. The number of hydrogen-bond acceptors (Lipinski definition) is 6. The number of aromatic nitrogens is 1. The Morgan fingerprint density at radius 2 is 2.26 bits per heavy atom. The molecule has 0 spiro atoms. The van der Waals surface area contributed by atoms with Crippen LogP contribution in [0.15, 0.2) is 0 Å². The summed E-state index contributed by atoms with van der Waals surface area (Å²) in [7, 11) is 1.73.